The van der Waals surface area contributed by atoms with Crippen LogP contribution in [0.1, 0.15) is 5.69 Å². The summed E-state index contributed by atoms with van der Waals surface area (Å²) in [4.78, 5) is 4.09. The molecule has 1 heterocycles. The van der Waals surface area contributed by atoms with Gasteiger partial charge in [-0.2, -0.15) is 8.75 Å². The second-order valence-corrected chi connectivity index (χ2v) is 4.48. The van der Waals surface area contributed by atoms with Crippen LogP contribution in [0.3, 0.4) is 0 Å². The van der Waals surface area contributed by atoms with Crippen molar-refractivity contribution in [3.05, 3.63) is 34.2 Å². The average molecular weight is 316 g/mol. The van der Waals surface area contributed by atoms with Crippen LogP contribution >= 0.6 is 27.7 Å². The Morgan fingerprint density at radius 1 is 1.41 bits per heavy atom. The Kier molecular flexibility index (Phi) is 3.34. The number of aliphatic imine (C=N–C) groups is 1. The smallest absolute Gasteiger partial charge is 0.168 e. The van der Waals surface area contributed by atoms with Gasteiger partial charge in [-0.15, -0.1) is 0 Å². The molecule has 1 aromatic heterocycles. The molecular weight excluding hydrogens is 309 g/mol. The summed E-state index contributed by atoms with van der Waals surface area (Å²) >= 11 is 4.02. The van der Waals surface area contributed by atoms with Crippen molar-refractivity contribution in [3.8, 4) is 0 Å². The van der Waals surface area contributed by atoms with Crippen molar-refractivity contribution in [2.24, 2.45) is 10.7 Å². The third-order valence-electron chi connectivity index (χ3n) is 1.91. The molecule has 0 aliphatic heterocycles. The van der Waals surface area contributed by atoms with Gasteiger partial charge in [-0.25, -0.2) is 9.38 Å². The second kappa shape index (κ2) is 4.76. The fourth-order valence-electron chi connectivity index (χ4n) is 1.12. The minimum Gasteiger partial charge on any atom is -0.382 e. The number of anilines is 1. The first-order valence-electron chi connectivity index (χ1n) is 4.45. The van der Waals surface area contributed by atoms with E-state index in [0.29, 0.717) is 15.9 Å². The van der Waals surface area contributed by atoms with Gasteiger partial charge in [-0.05, 0) is 34.1 Å². The van der Waals surface area contributed by atoms with E-state index in [0.717, 1.165) is 11.7 Å². The quantitative estimate of drug-likeness (QED) is 0.655. The van der Waals surface area contributed by atoms with Crippen molar-refractivity contribution >= 4 is 45.0 Å². The molecule has 88 valence electrons. The first-order chi connectivity index (χ1) is 8.08. The van der Waals surface area contributed by atoms with Crippen LogP contribution in [-0.4, -0.2) is 14.6 Å². The van der Waals surface area contributed by atoms with Gasteiger partial charge in [0.25, 0.3) is 0 Å². The molecule has 2 aromatic rings. The molecule has 0 spiro atoms. The highest BCUT2D eigenvalue weighted by Crippen LogP contribution is 2.22. The SMILES string of the molecule is NC(=Nc1ccc(F)c(Br)c1)c1nsnc1N. The lowest BCUT2D eigenvalue weighted by atomic mass is 10.3. The molecule has 0 atom stereocenters. The minimum atomic E-state index is -0.364. The summed E-state index contributed by atoms with van der Waals surface area (Å²) in [6.07, 6.45) is 0. The van der Waals surface area contributed by atoms with Crippen LogP contribution in [0, 0.1) is 5.82 Å². The van der Waals surface area contributed by atoms with Gasteiger partial charge < -0.3 is 11.5 Å². The molecule has 4 N–H and O–H groups in total. The molecule has 17 heavy (non-hydrogen) atoms. The minimum absolute atomic E-state index is 0.148. The summed E-state index contributed by atoms with van der Waals surface area (Å²) in [6.45, 7) is 0. The second-order valence-electron chi connectivity index (χ2n) is 3.09. The molecule has 0 amide bonds. The zero-order valence-electron chi connectivity index (χ0n) is 8.39. The van der Waals surface area contributed by atoms with Gasteiger partial charge in [-0.1, -0.05) is 0 Å². The standard InChI is InChI=1S/C9H7BrFN5S/c10-5-3-4(1-2-6(5)11)14-8(12)7-9(13)16-17-15-7/h1-3H,(H2,12,14)(H2,13,16). The Morgan fingerprint density at radius 2 is 2.18 bits per heavy atom. The van der Waals surface area contributed by atoms with Crippen molar-refractivity contribution in [1.29, 1.82) is 0 Å². The highest BCUT2D eigenvalue weighted by molar-refractivity contribution is 9.10. The maximum Gasteiger partial charge on any atom is 0.168 e. The highest BCUT2D eigenvalue weighted by atomic mass is 79.9. The maximum absolute atomic E-state index is 13.0. The molecule has 0 saturated carbocycles. The van der Waals surface area contributed by atoms with Crippen molar-refractivity contribution in [1.82, 2.24) is 8.75 Å². The summed E-state index contributed by atoms with van der Waals surface area (Å²) in [6, 6.07) is 4.31. The van der Waals surface area contributed by atoms with E-state index < -0.39 is 0 Å². The van der Waals surface area contributed by atoms with E-state index in [1.54, 1.807) is 0 Å². The number of hydrogen-bond donors (Lipinski definition) is 2. The van der Waals surface area contributed by atoms with E-state index in [1.807, 2.05) is 0 Å². The fraction of sp³-hybridized carbons (Fsp3) is 0. The van der Waals surface area contributed by atoms with Gasteiger partial charge in [0.05, 0.1) is 21.9 Å². The van der Waals surface area contributed by atoms with E-state index in [9.17, 15) is 4.39 Å². The zero-order chi connectivity index (χ0) is 12.4. The normalized spacial score (nSPS) is 11.8. The lowest BCUT2D eigenvalue weighted by molar-refractivity contribution is 0.621. The molecular formula is C9H7BrFN5S. The van der Waals surface area contributed by atoms with Crippen molar-refractivity contribution in [3.63, 3.8) is 0 Å². The number of nitrogens with zero attached hydrogens (tertiary/aromatic N) is 3. The first kappa shape index (κ1) is 11.9. The number of benzene rings is 1. The van der Waals surface area contributed by atoms with E-state index >= 15 is 0 Å². The van der Waals surface area contributed by atoms with Crippen LogP contribution in [0.15, 0.2) is 27.7 Å². The van der Waals surface area contributed by atoms with E-state index in [-0.39, 0.29) is 17.5 Å². The van der Waals surface area contributed by atoms with Crippen molar-refractivity contribution in [2.75, 3.05) is 5.73 Å². The summed E-state index contributed by atoms with van der Waals surface area (Å²) in [7, 11) is 0. The van der Waals surface area contributed by atoms with Gasteiger partial charge in [0.1, 0.15) is 5.82 Å². The van der Waals surface area contributed by atoms with Gasteiger partial charge in [0.15, 0.2) is 17.3 Å². The average Bonchev–Trinajstić information content (AvgIpc) is 2.70. The Hall–Kier alpha value is -1.54. The first-order valence-corrected chi connectivity index (χ1v) is 5.98. The molecule has 0 radical (unpaired) electrons. The van der Waals surface area contributed by atoms with Crippen LogP contribution in [0.5, 0.6) is 0 Å². The number of amidine groups is 1. The van der Waals surface area contributed by atoms with Crippen LogP contribution < -0.4 is 11.5 Å². The van der Waals surface area contributed by atoms with E-state index in [1.165, 1.54) is 18.2 Å². The fourth-order valence-corrected chi connectivity index (χ4v) is 1.97. The number of hydrogen-bond acceptors (Lipinski definition) is 5. The molecule has 0 aliphatic rings. The van der Waals surface area contributed by atoms with Crippen LogP contribution in [0.2, 0.25) is 0 Å². The number of rotatable bonds is 2. The number of nitrogens with two attached hydrogens (primary N) is 2. The number of halogens is 2. The lowest BCUT2D eigenvalue weighted by Crippen LogP contribution is -2.15. The van der Waals surface area contributed by atoms with E-state index in [4.69, 9.17) is 11.5 Å². The molecule has 0 saturated heterocycles. The largest absolute Gasteiger partial charge is 0.382 e. The molecule has 0 bridgehead atoms. The third kappa shape index (κ3) is 2.59. The predicted octanol–water partition coefficient (Wildman–Crippen LogP) is 2.06. The van der Waals surface area contributed by atoms with Gasteiger partial charge >= 0.3 is 0 Å². The predicted molar refractivity (Wildman–Crippen MR) is 68.8 cm³/mol. The Morgan fingerprint density at radius 3 is 2.76 bits per heavy atom. The summed E-state index contributed by atoms with van der Waals surface area (Å²) in [5.41, 5.74) is 12.1. The molecule has 2 rings (SSSR count). The van der Waals surface area contributed by atoms with Crippen LogP contribution in [-0.2, 0) is 0 Å². The number of aromatic nitrogens is 2. The van der Waals surface area contributed by atoms with E-state index in [2.05, 4.69) is 29.7 Å². The highest BCUT2D eigenvalue weighted by Gasteiger charge is 2.09. The summed E-state index contributed by atoms with van der Waals surface area (Å²) < 4.78 is 21.0. The van der Waals surface area contributed by atoms with Crippen molar-refractivity contribution in [2.45, 2.75) is 0 Å². The Bertz CT molecular complexity index is 583. The van der Waals surface area contributed by atoms with Gasteiger partial charge in [-0.3, -0.25) is 0 Å². The van der Waals surface area contributed by atoms with Gasteiger partial charge in [0.2, 0.25) is 0 Å². The van der Waals surface area contributed by atoms with Crippen molar-refractivity contribution < 1.29 is 4.39 Å². The molecule has 5 nitrogen and oxygen atoms in total. The molecule has 1 aromatic carbocycles. The maximum atomic E-state index is 13.0. The monoisotopic (exact) mass is 315 g/mol. The van der Waals surface area contributed by atoms with Crippen LogP contribution in [0.4, 0.5) is 15.9 Å². The summed E-state index contributed by atoms with van der Waals surface area (Å²) in [5.74, 6) is 0.0181. The molecule has 0 aliphatic carbocycles. The zero-order valence-corrected chi connectivity index (χ0v) is 10.8. The lowest BCUT2D eigenvalue weighted by Gasteiger charge is -1.99. The van der Waals surface area contributed by atoms with Gasteiger partial charge in [0, 0.05) is 0 Å². The topological polar surface area (TPSA) is 90.2 Å². The third-order valence-corrected chi connectivity index (χ3v) is 3.06. The molecule has 0 fully saturated rings. The number of nitrogen functional groups attached to an aromatic ring is 1. The van der Waals surface area contributed by atoms with Crippen LogP contribution in [0.25, 0.3) is 0 Å². The Balaban J connectivity index is 2.36. The Labute approximate surface area is 109 Å². The molecule has 0 unspecified atom stereocenters. The summed E-state index contributed by atoms with van der Waals surface area (Å²) in [5, 5.41) is 0. The molecule has 8 heteroatoms.